The maximum Gasteiger partial charge on any atom is 0.164 e. The molecule has 28 heavy (non-hydrogen) atoms. The lowest BCUT2D eigenvalue weighted by Crippen LogP contribution is -2.20. The fourth-order valence-electron chi connectivity index (χ4n) is 4.26. The smallest absolute Gasteiger partial charge is 0.164 e. The van der Waals surface area contributed by atoms with E-state index in [9.17, 15) is 0 Å². The summed E-state index contributed by atoms with van der Waals surface area (Å²) in [6.07, 6.45) is 0. The SMILES string of the molecule is c1ccc2c(c1)Oc1cc3sc4ccccc4c3c3c1N2c1ccccc1O3. The summed E-state index contributed by atoms with van der Waals surface area (Å²) in [7, 11) is 0. The number of thiophene rings is 1. The zero-order chi connectivity index (χ0) is 18.2. The first kappa shape index (κ1) is 14.5. The third-order valence-corrected chi connectivity index (χ3v) is 6.55. The summed E-state index contributed by atoms with van der Waals surface area (Å²) >= 11 is 1.77. The van der Waals surface area contributed by atoms with Crippen LogP contribution in [0.4, 0.5) is 17.1 Å². The molecule has 5 aromatic rings. The standard InChI is InChI=1S/C24H13NO2S/c1-6-12-20-14(7-1)22-21(28-20)13-19-23-24(22)27-18-11-5-3-9-16(18)25(23)15-8-2-4-10-17(15)26-19/h1-13H. The van der Waals surface area contributed by atoms with Gasteiger partial charge in [0, 0.05) is 26.2 Å². The number of ether oxygens (including phenoxy) is 2. The lowest BCUT2D eigenvalue weighted by Gasteiger charge is -2.38. The molecule has 0 N–H and O–H groups in total. The van der Waals surface area contributed by atoms with Crippen LogP contribution >= 0.6 is 11.3 Å². The van der Waals surface area contributed by atoms with Gasteiger partial charge in [-0.2, -0.15) is 0 Å². The van der Waals surface area contributed by atoms with Crippen LogP contribution in [0, 0.1) is 0 Å². The molecule has 0 amide bonds. The maximum absolute atomic E-state index is 6.50. The van der Waals surface area contributed by atoms with Gasteiger partial charge in [0.1, 0.15) is 5.69 Å². The lowest BCUT2D eigenvalue weighted by molar-refractivity contribution is 0.450. The number of fused-ring (bicyclic) bond motifs is 8. The minimum Gasteiger partial charge on any atom is -0.453 e. The van der Waals surface area contributed by atoms with Crippen LogP contribution in [0.5, 0.6) is 23.0 Å². The average Bonchev–Trinajstić information content (AvgIpc) is 3.11. The zero-order valence-corrected chi connectivity index (χ0v) is 15.5. The highest BCUT2D eigenvalue weighted by molar-refractivity contribution is 7.26. The molecule has 4 aromatic carbocycles. The molecule has 4 heteroatoms. The van der Waals surface area contributed by atoms with E-state index in [2.05, 4.69) is 47.4 Å². The quantitative estimate of drug-likeness (QED) is 0.269. The first-order valence-electron chi connectivity index (χ1n) is 9.20. The fourth-order valence-corrected chi connectivity index (χ4v) is 5.40. The van der Waals surface area contributed by atoms with E-state index in [1.165, 1.54) is 14.8 Å². The van der Waals surface area contributed by atoms with E-state index >= 15 is 0 Å². The van der Waals surface area contributed by atoms with Gasteiger partial charge < -0.3 is 9.47 Å². The number of para-hydroxylation sites is 4. The van der Waals surface area contributed by atoms with Crippen molar-refractivity contribution in [1.82, 2.24) is 0 Å². The van der Waals surface area contributed by atoms with Crippen molar-refractivity contribution in [1.29, 1.82) is 0 Å². The van der Waals surface area contributed by atoms with Gasteiger partial charge in [-0.25, -0.2) is 0 Å². The Morgan fingerprint density at radius 1 is 0.643 bits per heavy atom. The van der Waals surface area contributed by atoms with Crippen LogP contribution in [-0.2, 0) is 0 Å². The van der Waals surface area contributed by atoms with Crippen molar-refractivity contribution in [2.45, 2.75) is 0 Å². The highest BCUT2D eigenvalue weighted by atomic mass is 32.1. The molecule has 0 saturated heterocycles. The molecule has 1 aromatic heterocycles. The van der Waals surface area contributed by atoms with E-state index in [-0.39, 0.29) is 0 Å². The van der Waals surface area contributed by atoms with Crippen molar-refractivity contribution >= 4 is 48.6 Å². The second-order valence-electron chi connectivity index (χ2n) is 7.00. The Hall–Kier alpha value is -3.50. The van der Waals surface area contributed by atoms with Gasteiger partial charge in [0.25, 0.3) is 0 Å². The van der Waals surface area contributed by atoms with Crippen LogP contribution in [-0.4, -0.2) is 0 Å². The zero-order valence-electron chi connectivity index (χ0n) is 14.7. The summed E-state index contributed by atoms with van der Waals surface area (Å²) in [5.74, 6) is 3.43. The van der Waals surface area contributed by atoms with Crippen LogP contribution in [0.3, 0.4) is 0 Å². The monoisotopic (exact) mass is 379 g/mol. The largest absolute Gasteiger partial charge is 0.453 e. The molecule has 7 rings (SSSR count). The van der Waals surface area contributed by atoms with Crippen LogP contribution in [0.1, 0.15) is 0 Å². The predicted octanol–water partition coefficient (Wildman–Crippen LogP) is 7.74. The van der Waals surface area contributed by atoms with Gasteiger partial charge in [0.05, 0.1) is 11.4 Å². The molecule has 3 heterocycles. The number of benzene rings is 4. The first-order chi connectivity index (χ1) is 13.9. The Morgan fingerprint density at radius 2 is 1.32 bits per heavy atom. The van der Waals surface area contributed by atoms with E-state index in [1.807, 2.05) is 36.4 Å². The van der Waals surface area contributed by atoms with Crippen molar-refractivity contribution in [3.8, 4) is 23.0 Å². The molecule has 0 bridgehead atoms. The summed E-state index contributed by atoms with van der Waals surface area (Å²) < 4.78 is 15.3. The molecule has 0 spiro atoms. The van der Waals surface area contributed by atoms with Crippen molar-refractivity contribution in [3.63, 3.8) is 0 Å². The van der Waals surface area contributed by atoms with Crippen LogP contribution in [0.2, 0.25) is 0 Å². The Kier molecular flexibility index (Phi) is 2.63. The van der Waals surface area contributed by atoms with E-state index in [4.69, 9.17) is 9.47 Å². The lowest BCUT2D eigenvalue weighted by atomic mass is 10.0. The van der Waals surface area contributed by atoms with E-state index in [0.717, 1.165) is 45.4 Å². The second kappa shape index (κ2) is 5.06. The highest BCUT2D eigenvalue weighted by Gasteiger charge is 2.36. The number of nitrogens with zero attached hydrogens (tertiary/aromatic N) is 1. The van der Waals surface area contributed by atoms with Crippen LogP contribution < -0.4 is 14.4 Å². The van der Waals surface area contributed by atoms with Crippen molar-refractivity contribution in [2.75, 3.05) is 4.90 Å². The molecular weight excluding hydrogens is 366 g/mol. The molecular formula is C24H13NO2S. The predicted molar refractivity (Wildman–Crippen MR) is 114 cm³/mol. The van der Waals surface area contributed by atoms with Gasteiger partial charge in [-0.15, -0.1) is 11.3 Å². The summed E-state index contributed by atoms with van der Waals surface area (Å²) in [6, 6.07) is 27.0. The number of hydrogen-bond donors (Lipinski definition) is 0. The van der Waals surface area contributed by atoms with Gasteiger partial charge >= 0.3 is 0 Å². The number of rotatable bonds is 0. The molecule has 0 atom stereocenters. The summed E-state index contributed by atoms with van der Waals surface area (Å²) in [6.45, 7) is 0. The molecule has 2 aliphatic heterocycles. The molecule has 0 saturated carbocycles. The normalized spacial score (nSPS) is 13.5. The molecule has 2 aliphatic rings. The third kappa shape index (κ3) is 1.73. The van der Waals surface area contributed by atoms with Crippen molar-refractivity contribution < 1.29 is 9.47 Å². The Labute approximate surface area is 165 Å². The van der Waals surface area contributed by atoms with E-state index in [1.54, 1.807) is 11.3 Å². The third-order valence-electron chi connectivity index (χ3n) is 5.43. The second-order valence-corrected chi connectivity index (χ2v) is 8.08. The molecule has 3 nitrogen and oxygen atoms in total. The van der Waals surface area contributed by atoms with Crippen LogP contribution in [0.15, 0.2) is 78.9 Å². The Bertz CT molecular complexity index is 1420. The van der Waals surface area contributed by atoms with Crippen molar-refractivity contribution in [2.24, 2.45) is 0 Å². The Balaban J connectivity index is 1.67. The van der Waals surface area contributed by atoms with E-state index < -0.39 is 0 Å². The van der Waals surface area contributed by atoms with Gasteiger partial charge in [0.2, 0.25) is 0 Å². The van der Waals surface area contributed by atoms with E-state index in [0.29, 0.717) is 0 Å². The molecule has 132 valence electrons. The van der Waals surface area contributed by atoms with Gasteiger partial charge in [-0.3, -0.25) is 4.90 Å². The molecule has 0 unspecified atom stereocenters. The first-order valence-corrected chi connectivity index (χ1v) is 10.0. The Morgan fingerprint density at radius 3 is 2.14 bits per heavy atom. The van der Waals surface area contributed by atoms with Gasteiger partial charge in [0.15, 0.2) is 23.0 Å². The summed E-state index contributed by atoms with van der Waals surface area (Å²) in [5.41, 5.74) is 3.05. The number of hydrogen-bond acceptors (Lipinski definition) is 4. The topological polar surface area (TPSA) is 21.7 Å². The molecule has 0 aliphatic carbocycles. The van der Waals surface area contributed by atoms with Gasteiger partial charge in [-0.1, -0.05) is 42.5 Å². The minimum absolute atomic E-state index is 0.835. The highest BCUT2D eigenvalue weighted by Crippen LogP contribution is 2.62. The van der Waals surface area contributed by atoms with Crippen LogP contribution in [0.25, 0.3) is 20.2 Å². The number of anilines is 3. The van der Waals surface area contributed by atoms with Crippen molar-refractivity contribution in [3.05, 3.63) is 78.9 Å². The maximum atomic E-state index is 6.50. The van der Waals surface area contributed by atoms with Gasteiger partial charge in [-0.05, 0) is 30.3 Å². The molecule has 0 fully saturated rings. The minimum atomic E-state index is 0.835. The fraction of sp³-hybridized carbons (Fsp3) is 0. The molecule has 0 radical (unpaired) electrons. The summed E-state index contributed by atoms with van der Waals surface area (Å²) in [5, 5.41) is 2.38. The summed E-state index contributed by atoms with van der Waals surface area (Å²) in [4.78, 5) is 2.27. The average molecular weight is 379 g/mol.